The smallest absolute Gasteiger partial charge is 0.275 e. The number of halogens is 1. The molecule has 3 nitrogen and oxygen atoms in total. The molecule has 22 heavy (non-hydrogen) atoms. The van der Waals surface area contributed by atoms with E-state index in [2.05, 4.69) is 26.2 Å². The van der Waals surface area contributed by atoms with Crippen LogP contribution < -0.4 is 5.32 Å². The van der Waals surface area contributed by atoms with E-state index < -0.39 is 0 Å². The molecule has 0 saturated heterocycles. The molecule has 1 N–H and O–H groups in total. The van der Waals surface area contributed by atoms with E-state index in [0.29, 0.717) is 5.69 Å². The highest BCUT2D eigenvalue weighted by molar-refractivity contribution is 9.10. The molecule has 1 aromatic heterocycles. The zero-order valence-electron chi connectivity index (χ0n) is 11.8. The van der Waals surface area contributed by atoms with Gasteiger partial charge in [0, 0.05) is 10.2 Å². The minimum Gasteiger partial charge on any atom is -0.321 e. The second-order valence-corrected chi connectivity index (χ2v) is 6.86. The Hall–Kier alpha value is -1.98. The van der Waals surface area contributed by atoms with Gasteiger partial charge in [-0.3, -0.25) is 4.79 Å². The van der Waals surface area contributed by atoms with Crippen molar-refractivity contribution in [1.82, 2.24) is 4.98 Å². The lowest BCUT2D eigenvalue weighted by molar-refractivity contribution is 0.102. The Morgan fingerprint density at radius 3 is 2.45 bits per heavy atom. The third-order valence-corrected chi connectivity index (χ3v) is 4.64. The molecule has 110 valence electrons. The third kappa shape index (κ3) is 3.26. The SMILES string of the molecule is Cc1nc(C(=O)Nc2ccc(Br)cc2)c(-c2ccccc2)s1. The molecule has 0 unspecified atom stereocenters. The number of nitrogens with one attached hydrogen (secondary N) is 1. The van der Waals surface area contributed by atoms with Crippen LogP contribution in [-0.4, -0.2) is 10.9 Å². The minimum absolute atomic E-state index is 0.189. The van der Waals surface area contributed by atoms with Crippen LogP contribution in [0, 0.1) is 6.92 Å². The summed E-state index contributed by atoms with van der Waals surface area (Å²) in [6.07, 6.45) is 0. The summed E-state index contributed by atoms with van der Waals surface area (Å²) in [5.41, 5.74) is 2.23. The lowest BCUT2D eigenvalue weighted by Gasteiger charge is -2.05. The van der Waals surface area contributed by atoms with Crippen LogP contribution in [0.25, 0.3) is 10.4 Å². The summed E-state index contributed by atoms with van der Waals surface area (Å²) in [5, 5.41) is 3.77. The van der Waals surface area contributed by atoms with E-state index >= 15 is 0 Å². The Kier molecular flexibility index (Phi) is 4.36. The molecule has 3 rings (SSSR count). The van der Waals surface area contributed by atoms with Crippen molar-refractivity contribution in [3.05, 3.63) is 69.8 Å². The van der Waals surface area contributed by atoms with E-state index in [1.165, 1.54) is 11.3 Å². The van der Waals surface area contributed by atoms with Crippen LogP contribution in [0.3, 0.4) is 0 Å². The van der Waals surface area contributed by atoms with Gasteiger partial charge in [0.1, 0.15) is 5.69 Å². The van der Waals surface area contributed by atoms with Gasteiger partial charge in [-0.15, -0.1) is 11.3 Å². The molecule has 0 aliphatic rings. The van der Waals surface area contributed by atoms with Gasteiger partial charge in [-0.1, -0.05) is 46.3 Å². The van der Waals surface area contributed by atoms with Gasteiger partial charge >= 0.3 is 0 Å². The molecule has 0 saturated carbocycles. The topological polar surface area (TPSA) is 42.0 Å². The second-order valence-electron chi connectivity index (χ2n) is 4.74. The molecule has 5 heteroatoms. The molecule has 0 bridgehead atoms. The summed E-state index contributed by atoms with van der Waals surface area (Å²) >= 11 is 4.91. The van der Waals surface area contributed by atoms with E-state index in [9.17, 15) is 4.79 Å². The first-order valence-corrected chi connectivity index (χ1v) is 8.34. The molecule has 1 heterocycles. The van der Waals surface area contributed by atoms with Gasteiger partial charge in [0.15, 0.2) is 0 Å². The fraction of sp³-hybridized carbons (Fsp3) is 0.0588. The number of thiazole rings is 1. The molecule has 2 aromatic carbocycles. The largest absolute Gasteiger partial charge is 0.321 e. The molecule has 1 amide bonds. The summed E-state index contributed by atoms with van der Waals surface area (Å²) < 4.78 is 0.972. The monoisotopic (exact) mass is 372 g/mol. The number of aryl methyl sites for hydroxylation is 1. The van der Waals surface area contributed by atoms with Crippen LogP contribution in [0.2, 0.25) is 0 Å². The van der Waals surface area contributed by atoms with Crippen molar-refractivity contribution < 1.29 is 4.79 Å². The van der Waals surface area contributed by atoms with Crippen LogP contribution >= 0.6 is 27.3 Å². The summed E-state index contributed by atoms with van der Waals surface area (Å²) in [4.78, 5) is 17.8. The van der Waals surface area contributed by atoms with Crippen LogP contribution in [0.15, 0.2) is 59.1 Å². The van der Waals surface area contributed by atoms with E-state index in [0.717, 1.165) is 25.6 Å². The highest BCUT2D eigenvalue weighted by Crippen LogP contribution is 2.30. The third-order valence-electron chi connectivity index (χ3n) is 3.09. The second kappa shape index (κ2) is 6.42. The number of hydrogen-bond acceptors (Lipinski definition) is 3. The first kappa shape index (κ1) is 14.9. The average molecular weight is 373 g/mol. The Morgan fingerprint density at radius 2 is 1.77 bits per heavy atom. The van der Waals surface area contributed by atoms with E-state index in [-0.39, 0.29) is 5.91 Å². The molecular formula is C17H13BrN2OS. The van der Waals surface area contributed by atoms with Crippen molar-refractivity contribution in [3.63, 3.8) is 0 Å². The highest BCUT2D eigenvalue weighted by Gasteiger charge is 2.18. The molecular weight excluding hydrogens is 360 g/mol. The zero-order valence-corrected chi connectivity index (χ0v) is 14.2. The van der Waals surface area contributed by atoms with Crippen LogP contribution in [-0.2, 0) is 0 Å². The zero-order chi connectivity index (χ0) is 15.5. The van der Waals surface area contributed by atoms with Gasteiger partial charge in [-0.25, -0.2) is 4.98 Å². The number of amides is 1. The quantitative estimate of drug-likeness (QED) is 0.691. The van der Waals surface area contributed by atoms with Crippen molar-refractivity contribution >= 4 is 38.9 Å². The number of anilines is 1. The molecule has 0 aliphatic heterocycles. The lowest BCUT2D eigenvalue weighted by atomic mass is 10.1. The number of nitrogens with zero attached hydrogens (tertiary/aromatic N) is 1. The van der Waals surface area contributed by atoms with E-state index in [4.69, 9.17) is 0 Å². The number of hydrogen-bond donors (Lipinski definition) is 1. The van der Waals surface area contributed by atoms with Crippen molar-refractivity contribution in [2.75, 3.05) is 5.32 Å². The van der Waals surface area contributed by atoms with Crippen LogP contribution in [0.1, 0.15) is 15.5 Å². The average Bonchev–Trinajstić information content (AvgIpc) is 2.92. The minimum atomic E-state index is -0.189. The van der Waals surface area contributed by atoms with Gasteiger partial charge in [-0.05, 0) is 36.8 Å². The van der Waals surface area contributed by atoms with Gasteiger partial charge in [0.05, 0.1) is 9.88 Å². The summed E-state index contributed by atoms with van der Waals surface area (Å²) in [6.45, 7) is 1.91. The predicted octanol–water partition coefficient (Wildman–Crippen LogP) is 5.13. The van der Waals surface area contributed by atoms with Crippen molar-refractivity contribution in [2.24, 2.45) is 0 Å². The maximum absolute atomic E-state index is 12.5. The summed E-state index contributed by atoms with van der Waals surface area (Å²) in [6, 6.07) is 17.3. The predicted molar refractivity (Wildman–Crippen MR) is 94.4 cm³/mol. The first-order chi connectivity index (χ1) is 10.6. The fourth-order valence-corrected chi connectivity index (χ4v) is 3.28. The molecule has 0 fully saturated rings. The molecule has 0 atom stereocenters. The number of rotatable bonds is 3. The van der Waals surface area contributed by atoms with Crippen molar-refractivity contribution in [1.29, 1.82) is 0 Å². The Morgan fingerprint density at radius 1 is 1.09 bits per heavy atom. The number of benzene rings is 2. The molecule has 0 radical (unpaired) electrons. The van der Waals surface area contributed by atoms with Gasteiger partial charge < -0.3 is 5.32 Å². The number of aromatic nitrogens is 1. The standard InChI is InChI=1S/C17H13BrN2OS/c1-11-19-15(16(22-11)12-5-3-2-4-6-12)17(21)20-14-9-7-13(18)8-10-14/h2-10H,1H3,(H,20,21). The van der Waals surface area contributed by atoms with Crippen molar-refractivity contribution in [3.8, 4) is 10.4 Å². The van der Waals surface area contributed by atoms with E-state index in [1.54, 1.807) is 0 Å². The molecule has 0 spiro atoms. The van der Waals surface area contributed by atoms with Crippen molar-refractivity contribution in [2.45, 2.75) is 6.92 Å². The van der Waals surface area contributed by atoms with Gasteiger partial charge in [-0.2, -0.15) is 0 Å². The maximum atomic E-state index is 12.5. The lowest BCUT2D eigenvalue weighted by Crippen LogP contribution is -2.13. The normalized spacial score (nSPS) is 10.5. The maximum Gasteiger partial charge on any atom is 0.275 e. The van der Waals surface area contributed by atoms with Gasteiger partial charge in [0.25, 0.3) is 5.91 Å². The Bertz CT molecular complexity index is 797. The van der Waals surface area contributed by atoms with Crippen LogP contribution in [0.5, 0.6) is 0 Å². The summed E-state index contributed by atoms with van der Waals surface area (Å²) in [7, 11) is 0. The Balaban J connectivity index is 1.91. The van der Waals surface area contributed by atoms with E-state index in [1.807, 2.05) is 61.5 Å². The Labute approximate surface area is 141 Å². The molecule has 0 aliphatic carbocycles. The molecule has 3 aromatic rings. The number of carbonyl (C=O) groups is 1. The fourth-order valence-electron chi connectivity index (χ4n) is 2.09. The number of carbonyl (C=O) groups excluding carboxylic acids is 1. The highest BCUT2D eigenvalue weighted by atomic mass is 79.9. The van der Waals surface area contributed by atoms with Gasteiger partial charge in [0.2, 0.25) is 0 Å². The van der Waals surface area contributed by atoms with Crippen LogP contribution in [0.4, 0.5) is 5.69 Å². The summed E-state index contributed by atoms with van der Waals surface area (Å²) in [5.74, 6) is -0.189. The first-order valence-electron chi connectivity index (χ1n) is 6.73.